The van der Waals surface area contributed by atoms with Crippen molar-refractivity contribution in [2.24, 2.45) is 5.73 Å². The molecular formula is C27H31FN5O2+. The van der Waals surface area contributed by atoms with E-state index >= 15 is 4.39 Å². The Balaban J connectivity index is 2.03. The number of ether oxygens (including phenoxy) is 2. The van der Waals surface area contributed by atoms with Crippen LogP contribution in [0.4, 0.5) is 21.7 Å². The van der Waals surface area contributed by atoms with Crippen molar-refractivity contribution in [1.29, 1.82) is 5.41 Å². The zero-order chi connectivity index (χ0) is 25.3. The van der Waals surface area contributed by atoms with Crippen LogP contribution in [0.3, 0.4) is 0 Å². The number of amidine groups is 1. The predicted molar refractivity (Wildman–Crippen MR) is 139 cm³/mol. The van der Waals surface area contributed by atoms with Crippen LogP contribution in [-0.4, -0.2) is 35.6 Å². The molecule has 0 saturated carbocycles. The fourth-order valence-electron chi connectivity index (χ4n) is 4.16. The predicted octanol–water partition coefficient (Wildman–Crippen LogP) is 6.08. The number of rotatable bonds is 8. The second-order valence-corrected chi connectivity index (χ2v) is 8.85. The number of nitrogens with one attached hydrogen (secondary N) is 2. The molecule has 1 heterocycles. The number of benzene rings is 3. The summed E-state index contributed by atoms with van der Waals surface area (Å²) in [6.07, 6.45) is -0.225. The lowest BCUT2D eigenvalue weighted by atomic mass is 10.1. The summed E-state index contributed by atoms with van der Waals surface area (Å²) in [6, 6.07) is 16.3. The van der Waals surface area contributed by atoms with Gasteiger partial charge >= 0.3 is 5.95 Å². The van der Waals surface area contributed by atoms with Crippen molar-refractivity contribution in [2.45, 2.75) is 33.8 Å². The van der Waals surface area contributed by atoms with E-state index in [9.17, 15) is 0 Å². The van der Waals surface area contributed by atoms with E-state index in [0.717, 1.165) is 22.3 Å². The van der Waals surface area contributed by atoms with Gasteiger partial charge in [-0.05, 0) is 51.5 Å². The minimum Gasteiger partial charge on any atom is -0.494 e. The van der Waals surface area contributed by atoms with Crippen molar-refractivity contribution in [2.75, 3.05) is 13.7 Å². The second-order valence-electron chi connectivity index (χ2n) is 8.85. The Hall–Kier alpha value is -3.91. The summed E-state index contributed by atoms with van der Waals surface area (Å²) in [6.45, 7) is 7.99. The number of para-hydroxylation sites is 1. The first-order chi connectivity index (χ1) is 16.6. The average Bonchev–Trinajstić information content (AvgIpc) is 3.27. The van der Waals surface area contributed by atoms with E-state index in [1.54, 1.807) is 24.3 Å². The van der Waals surface area contributed by atoms with Gasteiger partial charge in [-0.25, -0.2) is 0 Å². The Morgan fingerprint density at radius 3 is 2.49 bits per heavy atom. The van der Waals surface area contributed by atoms with Crippen LogP contribution in [0, 0.1) is 18.2 Å². The number of aromatic amines is 1. The van der Waals surface area contributed by atoms with Gasteiger partial charge in [0.15, 0.2) is 11.4 Å². The molecule has 0 aliphatic rings. The molecule has 0 aliphatic carbocycles. The maximum absolute atomic E-state index is 16.2. The quantitative estimate of drug-likeness (QED) is 0.163. The topological polar surface area (TPSA) is 97.0 Å². The molecule has 182 valence electrons. The fourth-order valence-corrected chi connectivity index (χ4v) is 4.16. The van der Waals surface area contributed by atoms with Crippen LogP contribution in [0.1, 0.15) is 31.9 Å². The highest BCUT2D eigenvalue weighted by molar-refractivity contribution is 5.95. The lowest BCUT2D eigenvalue weighted by Crippen LogP contribution is -2.36. The molecule has 3 aromatic carbocycles. The molecule has 4 N–H and O–H groups in total. The van der Waals surface area contributed by atoms with Crippen molar-refractivity contribution in [3.63, 3.8) is 0 Å². The summed E-state index contributed by atoms with van der Waals surface area (Å²) in [5, 5.41) is 7.75. The van der Waals surface area contributed by atoms with Crippen LogP contribution in [0.5, 0.6) is 11.5 Å². The van der Waals surface area contributed by atoms with E-state index in [0.29, 0.717) is 29.6 Å². The summed E-state index contributed by atoms with van der Waals surface area (Å²) in [5.74, 6) is 0.585. The highest BCUT2D eigenvalue weighted by Crippen LogP contribution is 2.46. The van der Waals surface area contributed by atoms with E-state index in [1.807, 2.05) is 65.1 Å². The number of hydrogen-bond acceptors (Lipinski definition) is 4. The maximum atomic E-state index is 16.2. The van der Waals surface area contributed by atoms with Gasteiger partial charge in [0.25, 0.3) is 0 Å². The number of nitrogens with two attached hydrogens (primary N) is 1. The highest BCUT2D eigenvalue weighted by Gasteiger charge is 2.40. The third kappa shape index (κ3) is 4.44. The molecule has 8 heteroatoms. The monoisotopic (exact) mass is 476 g/mol. The number of nitrogen functional groups attached to an aromatic ring is 1. The Labute approximate surface area is 204 Å². The molecule has 0 amide bonds. The molecule has 0 saturated heterocycles. The van der Waals surface area contributed by atoms with E-state index in [1.165, 1.54) is 0 Å². The third-order valence-corrected chi connectivity index (χ3v) is 5.97. The molecule has 35 heavy (non-hydrogen) atoms. The number of hydrogen-bond donors (Lipinski definition) is 3. The van der Waals surface area contributed by atoms with E-state index in [2.05, 4.69) is 4.98 Å². The van der Waals surface area contributed by atoms with Gasteiger partial charge in [0.1, 0.15) is 17.3 Å². The molecule has 1 unspecified atom stereocenters. The zero-order valence-electron chi connectivity index (χ0n) is 20.6. The van der Waals surface area contributed by atoms with Gasteiger partial charge in [0.05, 0.1) is 30.8 Å². The molecule has 4 aromatic rings. The molecule has 0 radical (unpaired) electrons. The Kier molecular flexibility index (Phi) is 6.49. The molecule has 0 bridgehead atoms. The van der Waals surface area contributed by atoms with Crippen molar-refractivity contribution in [3.8, 4) is 11.5 Å². The van der Waals surface area contributed by atoms with Gasteiger partial charge in [-0.2, -0.15) is 13.9 Å². The summed E-state index contributed by atoms with van der Waals surface area (Å²) < 4.78 is 27.7. The van der Waals surface area contributed by atoms with Crippen molar-refractivity contribution < 1.29 is 13.9 Å². The first-order valence-electron chi connectivity index (χ1n) is 11.6. The number of halogens is 1. The van der Waals surface area contributed by atoms with Crippen molar-refractivity contribution >= 4 is 34.2 Å². The molecule has 4 rings (SSSR count). The third-order valence-electron chi connectivity index (χ3n) is 5.97. The Morgan fingerprint density at radius 2 is 1.89 bits per heavy atom. The molecular weight excluding hydrogens is 445 g/mol. The Morgan fingerprint density at radius 1 is 1.17 bits per heavy atom. The Bertz CT molecular complexity index is 1380. The number of quaternary nitrogens is 1. The van der Waals surface area contributed by atoms with E-state index in [-0.39, 0.29) is 22.2 Å². The SMILES string of the molecule is CCOc1cc(OC(C)C)c(F)c([N+](C)(c2ccc(C(=N)N)cc2)c2nc3c(C)cccc3[nH]2)c1. The lowest BCUT2D eigenvalue weighted by Gasteiger charge is -2.31. The number of fused-ring (bicyclic) bond motifs is 1. The van der Waals surface area contributed by atoms with Crippen LogP contribution < -0.4 is 19.7 Å². The van der Waals surface area contributed by atoms with Gasteiger partial charge in [-0.1, -0.05) is 12.1 Å². The largest absolute Gasteiger partial charge is 0.494 e. The van der Waals surface area contributed by atoms with E-state index in [4.69, 9.17) is 25.6 Å². The standard InChI is InChI=1S/C27H31FN5O2/c1-6-34-20-14-22(24(28)23(15-20)35-16(2)3)33(5,19-12-10-18(11-13-19)26(29)30)27-31-21-9-7-8-17(4)25(21)32-27/h7-16H,6H2,1-5H3,(H3,29,30)(H,31,32)/q+1. The molecule has 0 aliphatic heterocycles. The van der Waals surface area contributed by atoms with Crippen LogP contribution in [0.15, 0.2) is 54.6 Å². The average molecular weight is 477 g/mol. The smallest absolute Gasteiger partial charge is 0.317 e. The number of nitrogens with zero attached hydrogens (tertiary/aromatic N) is 2. The lowest BCUT2D eigenvalue weighted by molar-refractivity contribution is 0.228. The van der Waals surface area contributed by atoms with Crippen molar-refractivity contribution in [1.82, 2.24) is 14.5 Å². The summed E-state index contributed by atoms with van der Waals surface area (Å²) in [4.78, 5) is 8.30. The molecule has 1 atom stereocenters. The number of aryl methyl sites for hydroxylation is 1. The van der Waals surface area contributed by atoms with Gasteiger partial charge in [-0.3, -0.25) is 10.4 Å². The highest BCUT2D eigenvalue weighted by atomic mass is 19.1. The van der Waals surface area contributed by atoms with Crippen molar-refractivity contribution in [3.05, 3.63) is 71.5 Å². The number of H-pyrrole nitrogens is 1. The van der Waals surface area contributed by atoms with Gasteiger partial charge in [0.2, 0.25) is 5.82 Å². The maximum Gasteiger partial charge on any atom is 0.317 e. The summed E-state index contributed by atoms with van der Waals surface area (Å²) in [7, 11) is 1.86. The van der Waals surface area contributed by atoms with Gasteiger partial charge in [-0.15, -0.1) is 0 Å². The second kappa shape index (κ2) is 9.38. The molecule has 0 spiro atoms. The van der Waals surface area contributed by atoms with Crippen LogP contribution in [0.25, 0.3) is 11.0 Å². The normalized spacial score (nSPS) is 13.1. The summed E-state index contributed by atoms with van der Waals surface area (Å²) >= 11 is 0. The van der Waals surface area contributed by atoms with Gasteiger partial charge in [0, 0.05) is 29.8 Å². The fraction of sp³-hybridized carbons (Fsp3) is 0.259. The first-order valence-corrected chi connectivity index (χ1v) is 11.6. The van der Waals surface area contributed by atoms with Crippen LogP contribution in [-0.2, 0) is 0 Å². The number of aromatic nitrogens is 2. The molecule has 0 fully saturated rings. The minimum atomic E-state index is -0.502. The van der Waals surface area contributed by atoms with Crippen LogP contribution in [0.2, 0.25) is 0 Å². The first kappa shape index (κ1) is 24.2. The summed E-state index contributed by atoms with van der Waals surface area (Å²) in [5.41, 5.74) is 9.95. The van der Waals surface area contributed by atoms with Crippen LogP contribution >= 0.6 is 0 Å². The molecule has 7 nitrogen and oxygen atoms in total. The minimum absolute atomic E-state index is 0.0396. The van der Waals surface area contributed by atoms with Gasteiger partial charge < -0.3 is 15.2 Å². The zero-order valence-corrected chi connectivity index (χ0v) is 20.6. The number of imidazole rings is 1. The molecule has 1 aromatic heterocycles. The van der Waals surface area contributed by atoms with E-state index < -0.39 is 5.82 Å².